The van der Waals surface area contributed by atoms with E-state index in [1.165, 1.54) is 12.0 Å². The van der Waals surface area contributed by atoms with Crippen LogP contribution in [0.3, 0.4) is 0 Å². The van der Waals surface area contributed by atoms with Crippen LogP contribution in [0.2, 0.25) is 0 Å². The molecular weight excluding hydrogens is 252 g/mol. The summed E-state index contributed by atoms with van der Waals surface area (Å²) < 4.78 is 5.94. The first-order valence-electron chi connectivity index (χ1n) is 7.77. The van der Waals surface area contributed by atoms with Crippen LogP contribution in [-0.2, 0) is 11.2 Å². The average Bonchev–Trinajstić information content (AvgIpc) is 2.47. The molecule has 0 bridgehead atoms. The molecule has 112 valence electrons. The van der Waals surface area contributed by atoms with Gasteiger partial charge < -0.3 is 14.9 Å². The van der Waals surface area contributed by atoms with Gasteiger partial charge in [0.25, 0.3) is 0 Å². The van der Waals surface area contributed by atoms with Crippen LogP contribution in [0, 0.1) is 0 Å². The fourth-order valence-corrected chi connectivity index (χ4v) is 2.91. The molecule has 0 spiro atoms. The van der Waals surface area contributed by atoms with Gasteiger partial charge >= 0.3 is 0 Å². The minimum atomic E-state index is -0.964. The number of aryl methyl sites for hydroxylation is 1. The summed E-state index contributed by atoms with van der Waals surface area (Å²) in [6.45, 7) is 0.107. The van der Waals surface area contributed by atoms with Crippen LogP contribution < -0.4 is 0 Å². The van der Waals surface area contributed by atoms with Gasteiger partial charge in [0, 0.05) is 19.4 Å². The van der Waals surface area contributed by atoms with E-state index < -0.39 is 5.79 Å². The average molecular weight is 278 g/mol. The molecule has 0 saturated heterocycles. The number of aliphatic hydroxyl groups excluding tert-OH is 1. The molecule has 1 aliphatic rings. The highest BCUT2D eigenvalue weighted by Crippen LogP contribution is 2.31. The Hall–Kier alpha value is -0.900. The van der Waals surface area contributed by atoms with Crippen molar-refractivity contribution < 1.29 is 14.9 Å². The Kier molecular flexibility index (Phi) is 6.02. The van der Waals surface area contributed by atoms with Gasteiger partial charge in [-0.1, -0.05) is 36.8 Å². The van der Waals surface area contributed by atoms with Crippen LogP contribution in [0.25, 0.3) is 0 Å². The molecule has 0 heterocycles. The highest BCUT2D eigenvalue weighted by atomic mass is 16.6. The van der Waals surface area contributed by atoms with Gasteiger partial charge in [-0.05, 0) is 37.7 Å². The maximum Gasteiger partial charge on any atom is 0.165 e. The lowest BCUT2D eigenvalue weighted by Gasteiger charge is -2.35. The first-order chi connectivity index (χ1) is 9.72. The lowest BCUT2D eigenvalue weighted by atomic mass is 9.93. The van der Waals surface area contributed by atoms with Crippen LogP contribution in [0.1, 0.15) is 50.5 Å². The summed E-state index contributed by atoms with van der Waals surface area (Å²) in [5.41, 5.74) is 1.27. The van der Waals surface area contributed by atoms with E-state index >= 15 is 0 Å². The van der Waals surface area contributed by atoms with Crippen molar-refractivity contribution in [3.63, 3.8) is 0 Å². The van der Waals surface area contributed by atoms with E-state index in [1.54, 1.807) is 0 Å². The zero-order chi connectivity index (χ0) is 14.3. The van der Waals surface area contributed by atoms with E-state index in [0.717, 1.165) is 38.5 Å². The Morgan fingerprint density at radius 2 is 1.75 bits per heavy atom. The summed E-state index contributed by atoms with van der Waals surface area (Å²) in [7, 11) is 0. The van der Waals surface area contributed by atoms with Crippen molar-refractivity contribution in [3.05, 3.63) is 35.9 Å². The summed E-state index contributed by atoms with van der Waals surface area (Å²) in [6, 6.07) is 10.3. The molecule has 0 amide bonds. The van der Waals surface area contributed by atoms with Gasteiger partial charge in [-0.2, -0.15) is 0 Å². The Labute approximate surface area is 121 Å². The van der Waals surface area contributed by atoms with Crippen molar-refractivity contribution in [3.8, 4) is 0 Å². The molecule has 1 unspecified atom stereocenters. The third-order valence-electron chi connectivity index (χ3n) is 4.07. The third-order valence-corrected chi connectivity index (χ3v) is 4.07. The SMILES string of the molecule is OCCC(CCc1ccccc1)OC1(O)CCCCC1. The molecule has 1 aliphatic carbocycles. The van der Waals surface area contributed by atoms with E-state index in [0.29, 0.717) is 6.42 Å². The predicted molar refractivity (Wildman–Crippen MR) is 79.4 cm³/mol. The van der Waals surface area contributed by atoms with Crippen LogP contribution >= 0.6 is 0 Å². The molecule has 0 aromatic heterocycles. The Balaban J connectivity index is 1.86. The van der Waals surface area contributed by atoms with Gasteiger partial charge in [0.2, 0.25) is 0 Å². The molecule has 0 radical (unpaired) electrons. The van der Waals surface area contributed by atoms with E-state index in [2.05, 4.69) is 12.1 Å². The minimum absolute atomic E-state index is 0.0664. The van der Waals surface area contributed by atoms with E-state index in [9.17, 15) is 10.2 Å². The number of benzene rings is 1. The molecule has 2 N–H and O–H groups in total. The first-order valence-corrected chi connectivity index (χ1v) is 7.77. The zero-order valence-corrected chi connectivity index (χ0v) is 12.1. The molecule has 1 saturated carbocycles. The summed E-state index contributed by atoms with van der Waals surface area (Å²) >= 11 is 0. The van der Waals surface area contributed by atoms with E-state index in [4.69, 9.17) is 4.74 Å². The van der Waals surface area contributed by atoms with Crippen LogP contribution in [0.15, 0.2) is 30.3 Å². The lowest BCUT2D eigenvalue weighted by Crippen LogP contribution is -2.39. The lowest BCUT2D eigenvalue weighted by molar-refractivity contribution is -0.247. The second kappa shape index (κ2) is 7.77. The normalized spacial score (nSPS) is 19.7. The van der Waals surface area contributed by atoms with E-state index in [-0.39, 0.29) is 12.7 Å². The fourth-order valence-electron chi connectivity index (χ4n) is 2.91. The van der Waals surface area contributed by atoms with Gasteiger partial charge in [-0.15, -0.1) is 0 Å². The summed E-state index contributed by atoms with van der Waals surface area (Å²) in [6.07, 6.45) is 6.97. The van der Waals surface area contributed by atoms with Crippen molar-refractivity contribution in [2.75, 3.05) is 6.61 Å². The molecule has 1 fully saturated rings. The first kappa shape index (κ1) is 15.5. The molecule has 0 aliphatic heterocycles. The summed E-state index contributed by atoms with van der Waals surface area (Å²) in [5.74, 6) is -0.964. The fraction of sp³-hybridized carbons (Fsp3) is 0.647. The molecule has 20 heavy (non-hydrogen) atoms. The maximum atomic E-state index is 10.5. The van der Waals surface area contributed by atoms with Crippen molar-refractivity contribution >= 4 is 0 Å². The van der Waals surface area contributed by atoms with Crippen LogP contribution in [-0.4, -0.2) is 28.7 Å². The van der Waals surface area contributed by atoms with Crippen molar-refractivity contribution in [1.82, 2.24) is 0 Å². The molecule has 1 aromatic rings. The Bertz CT molecular complexity index is 371. The summed E-state index contributed by atoms with van der Waals surface area (Å²) in [5, 5.41) is 19.6. The Morgan fingerprint density at radius 3 is 2.40 bits per heavy atom. The topological polar surface area (TPSA) is 49.7 Å². The van der Waals surface area contributed by atoms with Gasteiger partial charge in [-0.3, -0.25) is 0 Å². The number of hydrogen-bond donors (Lipinski definition) is 2. The second-order valence-corrected chi connectivity index (χ2v) is 5.78. The number of aliphatic hydroxyl groups is 2. The van der Waals surface area contributed by atoms with Gasteiger partial charge in [0.15, 0.2) is 5.79 Å². The highest BCUT2D eigenvalue weighted by molar-refractivity contribution is 5.14. The second-order valence-electron chi connectivity index (χ2n) is 5.78. The molecule has 2 rings (SSSR count). The number of rotatable bonds is 7. The smallest absolute Gasteiger partial charge is 0.165 e. The van der Waals surface area contributed by atoms with Crippen LogP contribution in [0.4, 0.5) is 0 Å². The molecule has 3 nitrogen and oxygen atoms in total. The zero-order valence-electron chi connectivity index (χ0n) is 12.1. The van der Waals surface area contributed by atoms with Crippen LogP contribution in [0.5, 0.6) is 0 Å². The molecule has 1 atom stereocenters. The van der Waals surface area contributed by atoms with Gasteiger partial charge in [-0.25, -0.2) is 0 Å². The molecule has 3 heteroatoms. The van der Waals surface area contributed by atoms with Crippen molar-refractivity contribution in [2.45, 2.75) is 63.3 Å². The maximum absolute atomic E-state index is 10.5. The predicted octanol–water partition coefficient (Wildman–Crippen LogP) is 3.04. The van der Waals surface area contributed by atoms with Gasteiger partial charge in [0.05, 0.1) is 6.10 Å². The molecular formula is C17H26O3. The standard InChI is InChI=1S/C17H26O3/c18-14-11-16(10-9-15-7-3-1-4-8-15)20-17(19)12-5-2-6-13-17/h1,3-4,7-8,16,18-19H,2,5-6,9-14H2. The Morgan fingerprint density at radius 1 is 1.05 bits per heavy atom. The quantitative estimate of drug-likeness (QED) is 0.754. The summed E-state index contributed by atoms with van der Waals surface area (Å²) in [4.78, 5) is 0. The monoisotopic (exact) mass is 278 g/mol. The van der Waals surface area contributed by atoms with Crippen molar-refractivity contribution in [1.29, 1.82) is 0 Å². The molecule has 1 aromatic carbocycles. The number of ether oxygens (including phenoxy) is 1. The highest BCUT2D eigenvalue weighted by Gasteiger charge is 2.32. The van der Waals surface area contributed by atoms with Crippen molar-refractivity contribution in [2.24, 2.45) is 0 Å². The minimum Gasteiger partial charge on any atom is -0.396 e. The van der Waals surface area contributed by atoms with E-state index in [1.807, 2.05) is 18.2 Å². The van der Waals surface area contributed by atoms with Gasteiger partial charge in [0.1, 0.15) is 0 Å². The largest absolute Gasteiger partial charge is 0.396 e. The number of hydrogen-bond acceptors (Lipinski definition) is 3. The third kappa shape index (κ3) is 4.89.